The van der Waals surface area contributed by atoms with Crippen molar-refractivity contribution in [3.63, 3.8) is 0 Å². The SMILES string of the molecule is CC(C)(C)OC(=O)N1CC2c3cccc(OCCF)c3COC2(C)C1. The summed E-state index contributed by atoms with van der Waals surface area (Å²) in [4.78, 5) is 14.2. The van der Waals surface area contributed by atoms with Crippen molar-refractivity contribution in [2.45, 2.75) is 51.4 Å². The van der Waals surface area contributed by atoms with E-state index in [1.807, 2.05) is 45.9 Å². The lowest BCUT2D eigenvalue weighted by Gasteiger charge is -2.37. The predicted molar refractivity (Wildman–Crippen MR) is 91.7 cm³/mol. The predicted octanol–water partition coefficient (Wildman–Crippen LogP) is 3.66. The van der Waals surface area contributed by atoms with E-state index < -0.39 is 17.9 Å². The number of fused-ring (bicyclic) bond motifs is 3. The molecule has 0 aliphatic carbocycles. The van der Waals surface area contributed by atoms with Gasteiger partial charge in [-0.1, -0.05) is 12.1 Å². The van der Waals surface area contributed by atoms with Gasteiger partial charge in [0.1, 0.15) is 24.6 Å². The first-order chi connectivity index (χ1) is 11.7. The second-order valence-electron chi connectivity index (χ2n) is 7.88. The van der Waals surface area contributed by atoms with Crippen LogP contribution < -0.4 is 4.74 Å². The Morgan fingerprint density at radius 1 is 1.44 bits per heavy atom. The fourth-order valence-corrected chi connectivity index (χ4v) is 3.59. The number of likely N-dealkylation sites (tertiary alicyclic amines) is 1. The molecular formula is C19H26FNO4. The second-order valence-corrected chi connectivity index (χ2v) is 7.88. The number of alkyl halides is 1. The molecule has 25 heavy (non-hydrogen) atoms. The molecule has 0 saturated carbocycles. The quantitative estimate of drug-likeness (QED) is 0.834. The molecule has 3 rings (SSSR count). The Bertz CT molecular complexity index is 657. The van der Waals surface area contributed by atoms with Gasteiger partial charge in [-0.15, -0.1) is 0 Å². The van der Waals surface area contributed by atoms with Crippen LogP contribution in [0.2, 0.25) is 0 Å². The summed E-state index contributed by atoms with van der Waals surface area (Å²) in [6, 6.07) is 5.79. The highest BCUT2D eigenvalue weighted by molar-refractivity contribution is 5.69. The van der Waals surface area contributed by atoms with Gasteiger partial charge in [0.15, 0.2) is 0 Å². The maximum atomic E-state index is 12.4. The highest BCUT2D eigenvalue weighted by Crippen LogP contribution is 2.46. The summed E-state index contributed by atoms with van der Waals surface area (Å²) in [7, 11) is 0. The van der Waals surface area contributed by atoms with Crippen molar-refractivity contribution < 1.29 is 23.4 Å². The van der Waals surface area contributed by atoms with Crippen LogP contribution in [0.5, 0.6) is 5.75 Å². The van der Waals surface area contributed by atoms with Crippen molar-refractivity contribution in [3.05, 3.63) is 29.3 Å². The summed E-state index contributed by atoms with van der Waals surface area (Å²) >= 11 is 0. The summed E-state index contributed by atoms with van der Waals surface area (Å²) < 4.78 is 29.6. The molecule has 2 atom stereocenters. The van der Waals surface area contributed by atoms with Gasteiger partial charge in [-0.2, -0.15) is 0 Å². The van der Waals surface area contributed by atoms with Gasteiger partial charge in [-0.25, -0.2) is 9.18 Å². The minimum absolute atomic E-state index is 0.0302. The molecule has 5 nitrogen and oxygen atoms in total. The van der Waals surface area contributed by atoms with Gasteiger partial charge in [0.05, 0.1) is 18.8 Å². The lowest BCUT2D eigenvalue weighted by atomic mass is 9.81. The van der Waals surface area contributed by atoms with E-state index in [1.165, 1.54) is 0 Å². The van der Waals surface area contributed by atoms with Gasteiger partial charge in [-0.05, 0) is 39.3 Å². The van der Waals surface area contributed by atoms with Crippen LogP contribution in [0.4, 0.5) is 9.18 Å². The number of carbonyl (C=O) groups excluding carboxylic acids is 1. The zero-order chi connectivity index (χ0) is 18.2. The summed E-state index contributed by atoms with van der Waals surface area (Å²) in [6.07, 6.45) is -0.321. The van der Waals surface area contributed by atoms with E-state index in [-0.39, 0.29) is 18.6 Å². The Balaban J connectivity index is 1.84. The van der Waals surface area contributed by atoms with E-state index in [4.69, 9.17) is 14.2 Å². The third kappa shape index (κ3) is 3.59. The molecule has 1 fully saturated rings. The number of carbonyl (C=O) groups is 1. The van der Waals surface area contributed by atoms with Gasteiger partial charge in [0.25, 0.3) is 0 Å². The van der Waals surface area contributed by atoms with Crippen LogP contribution in [0.1, 0.15) is 44.7 Å². The normalized spacial score (nSPS) is 25.3. The van der Waals surface area contributed by atoms with Gasteiger partial charge in [-0.3, -0.25) is 0 Å². The molecule has 0 aromatic heterocycles. The molecule has 2 aliphatic heterocycles. The van der Waals surface area contributed by atoms with E-state index in [0.717, 1.165) is 11.1 Å². The summed E-state index contributed by atoms with van der Waals surface area (Å²) in [5, 5.41) is 0. The van der Waals surface area contributed by atoms with Crippen LogP contribution in [-0.4, -0.2) is 48.6 Å². The van der Waals surface area contributed by atoms with Crippen molar-refractivity contribution in [3.8, 4) is 5.75 Å². The van der Waals surface area contributed by atoms with Gasteiger partial charge in [0, 0.05) is 18.0 Å². The smallest absolute Gasteiger partial charge is 0.410 e. The molecule has 2 aliphatic rings. The molecule has 2 heterocycles. The van der Waals surface area contributed by atoms with Gasteiger partial charge in [0.2, 0.25) is 0 Å². The Morgan fingerprint density at radius 2 is 2.20 bits per heavy atom. The topological polar surface area (TPSA) is 48.0 Å². The Labute approximate surface area is 148 Å². The Hall–Kier alpha value is -1.82. The van der Waals surface area contributed by atoms with Crippen LogP contribution in [0, 0.1) is 0 Å². The van der Waals surface area contributed by atoms with Crippen LogP contribution in [0.3, 0.4) is 0 Å². The number of rotatable bonds is 3. The molecule has 1 aromatic rings. The molecule has 1 aromatic carbocycles. The lowest BCUT2D eigenvalue weighted by Crippen LogP contribution is -2.41. The number of benzene rings is 1. The molecule has 2 unspecified atom stereocenters. The van der Waals surface area contributed by atoms with E-state index in [0.29, 0.717) is 25.4 Å². The molecule has 0 radical (unpaired) electrons. The molecule has 0 spiro atoms. The number of hydrogen-bond acceptors (Lipinski definition) is 4. The van der Waals surface area contributed by atoms with E-state index in [9.17, 15) is 9.18 Å². The van der Waals surface area contributed by atoms with Crippen LogP contribution in [-0.2, 0) is 16.1 Å². The molecule has 6 heteroatoms. The Kier molecular flexibility index (Phi) is 4.66. The minimum atomic E-state index is -0.530. The van der Waals surface area contributed by atoms with Crippen LogP contribution >= 0.6 is 0 Å². The fourth-order valence-electron chi connectivity index (χ4n) is 3.59. The summed E-state index contributed by atoms with van der Waals surface area (Å²) in [5.74, 6) is 0.700. The maximum absolute atomic E-state index is 12.4. The minimum Gasteiger partial charge on any atom is -0.490 e. The van der Waals surface area contributed by atoms with Crippen LogP contribution in [0.25, 0.3) is 0 Å². The highest BCUT2D eigenvalue weighted by atomic mass is 19.1. The van der Waals surface area contributed by atoms with Gasteiger partial charge >= 0.3 is 6.09 Å². The second kappa shape index (κ2) is 6.48. The summed E-state index contributed by atoms with van der Waals surface area (Å²) in [5.41, 5.74) is 1.07. The number of halogens is 1. The first-order valence-corrected chi connectivity index (χ1v) is 8.66. The van der Waals surface area contributed by atoms with Crippen molar-refractivity contribution >= 4 is 6.09 Å². The third-order valence-electron chi connectivity index (χ3n) is 4.72. The average Bonchev–Trinajstić information content (AvgIpc) is 2.89. The fraction of sp³-hybridized carbons (Fsp3) is 0.632. The van der Waals surface area contributed by atoms with E-state index in [1.54, 1.807) is 4.90 Å². The van der Waals surface area contributed by atoms with Crippen LogP contribution in [0.15, 0.2) is 18.2 Å². The zero-order valence-corrected chi connectivity index (χ0v) is 15.3. The number of amides is 1. The molecule has 1 saturated heterocycles. The first-order valence-electron chi connectivity index (χ1n) is 8.66. The molecule has 0 N–H and O–H groups in total. The largest absolute Gasteiger partial charge is 0.490 e. The standard InChI is InChI=1S/C19H26FNO4/c1-18(2,3)25-17(22)21-10-15-13-6-5-7-16(23-9-8-20)14(13)11-24-19(15,4)12-21/h5-7,15H,8-12H2,1-4H3. The molecular weight excluding hydrogens is 325 g/mol. The molecule has 0 bridgehead atoms. The summed E-state index contributed by atoms with van der Waals surface area (Å²) in [6.45, 7) is 8.52. The monoisotopic (exact) mass is 351 g/mol. The third-order valence-corrected chi connectivity index (χ3v) is 4.72. The lowest BCUT2D eigenvalue weighted by molar-refractivity contribution is -0.0584. The van der Waals surface area contributed by atoms with E-state index >= 15 is 0 Å². The van der Waals surface area contributed by atoms with Crippen molar-refractivity contribution in [1.82, 2.24) is 4.90 Å². The first kappa shape index (κ1) is 18.0. The number of ether oxygens (including phenoxy) is 3. The van der Waals surface area contributed by atoms with Crippen molar-refractivity contribution in [1.29, 1.82) is 0 Å². The average molecular weight is 351 g/mol. The maximum Gasteiger partial charge on any atom is 0.410 e. The van der Waals surface area contributed by atoms with Crippen molar-refractivity contribution in [2.75, 3.05) is 26.4 Å². The Morgan fingerprint density at radius 3 is 2.88 bits per heavy atom. The van der Waals surface area contributed by atoms with E-state index in [2.05, 4.69) is 0 Å². The highest BCUT2D eigenvalue weighted by Gasteiger charge is 2.50. The van der Waals surface area contributed by atoms with Crippen molar-refractivity contribution in [2.24, 2.45) is 0 Å². The zero-order valence-electron chi connectivity index (χ0n) is 15.3. The van der Waals surface area contributed by atoms with Gasteiger partial charge < -0.3 is 19.1 Å². The molecule has 1 amide bonds. The number of hydrogen-bond donors (Lipinski definition) is 0. The number of nitrogens with zero attached hydrogens (tertiary/aromatic N) is 1. The molecule has 138 valence electrons.